The Balaban J connectivity index is 1.48. The zero-order valence-electron chi connectivity index (χ0n) is 11.9. The molecule has 0 unspecified atom stereocenters. The molecule has 0 aliphatic carbocycles. The number of hydrogen-bond donors (Lipinski definition) is 2. The highest BCUT2D eigenvalue weighted by Gasteiger charge is 2.15. The first-order chi connectivity index (χ1) is 10.9. The number of H-pyrrole nitrogens is 1. The second kappa shape index (κ2) is 5.93. The van der Waals surface area contributed by atoms with Crippen LogP contribution in [0.2, 0.25) is 0 Å². The largest absolute Gasteiger partial charge is 0.329 e. The van der Waals surface area contributed by atoms with Crippen molar-refractivity contribution < 1.29 is 0 Å². The average Bonchev–Trinajstić information content (AvgIpc) is 3.27. The number of thioether (sulfide) groups is 1. The Kier molecular flexibility index (Phi) is 3.65. The maximum atomic E-state index is 4.67. The van der Waals surface area contributed by atoms with E-state index in [2.05, 4.69) is 46.1 Å². The van der Waals surface area contributed by atoms with Crippen LogP contribution in [0, 0.1) is 0 Å². The normalized spacial score (nSPS) is 14.2. The van der Waals surface area contributed by atoms with Crippen LogP contribution in [0.5, 0.6) is 0 Å². The van der Waals surface area contributed by atoms with Crippen LogP contribution >= 0.6 is 11.8 Å². The molecule has 4 rings (SSSR count). The van der Waals surface area contributed by atoms with E-state index in [1.165, 1.54) is 5.69 Å². The summed E-state index contributed by atoms with van der Waals surface area (Å²) in [7, 11) is 0. The second-order valence-electron chi connectivity index (χ2n) is 5.02. The standard InChI is InChI=1S/C13H16N8S/c1-4-21-10(8-14-1)7-11(18-21)13-15-2-3-20(13)5-6-22-12-9-16-19-17-12/h2-3,7,9,14H,1,4-6,8H2,(H,16,17,19). The molecule has 0 radical (unpaired) electrons. The van der Waals surface area contributed by atoms with Crippen LogP contribution in [0.4, 0.5) is 0 Å². The lowest BCUT2D eigenvalue weighted by Gasteiger charge is -2.13. The highest BCUT2D eigenvalue weighted by atomic mass is 32.2. The minimum atomic E-state index is 0.854. The zero-order chi connectivity index (χ0) is 14.8. The van der Waals surface area contributed by atoms with Crippen molar-refractivity contribution >= 4 is 11.8 Å². The lowest BCUT2D eigenvalue weighted by Crippen LogP contribution is -2.28. The van der Waals surface area contributed by atoms with Gasteiger partial charge in [-0.1, -0.05) is 0 Å². The quantitative estimate of drug-likeness (QED) is 0.676. The van der Waals surface area contributed by atoms with Crippen LogP contribution in [0.1, 0.15) is 5.69 Å². The number of aromatic amines is 1. The Morgan fingerprint density at radius 2 is 2.36 bits per heavy atom. The van der Waals surface area contributed by atoms with Crippen molar-refractivity contribution in [3.63, 3.8) is 0 Å². The summed E-state index contributed by atoms with van der Waals surface area (Å²) in [5.41, 5.74) is 2.16. The molecule has 8 nitrogen and oxygen atoms in total. The molecule has 0 saturated heterocycles. The number of aryl methyl sites for hydroxylation is 1. The summed E-state index contributed by atoms with van der Waals surface area (Å²) in [4.78, 5) is 4.47. The fraction of sp³-hybridized carbons (Fsp3) is 0.385. The Hall–Kier alpha value is -2.13. The minimum Gasteiger partial charge on any atom is -0.329 e. The van der Waals surface area contributed by atoms with Crippen LogP contribution in [0.25, 0.3) is 11.5 Å². The van der Waals surface area contributed by atoms with Crippen LogP contribution < -0.4 is 5.32 Å². The van der Waals surface area contributed by atoms with Crippen molar-refractivity contribution in [2.24, 2.45) is 0 Å². The van der Waals surface area contributed by atoms with Crippen LogP contribution in [0.15, 0.2) is 29.7 Å². The van der Waals surface area contributed by atoms with Crippen molar-refractivity contribution in [3.8, 4) is 11.5 Å². The van der Waals surface area contributed by atoms with Gasteiger partial charge in [0.2, 0.25) is 0 Å². The second-order valence-corrected chi connectivity index (χ2v) is 6.14. The Labute approximate surface area is 131 Å². The van der Waals surface area contributed by atoms with Gasteiger partial charge in [0.05, 0.1) is 18.4 Å². The summed E-state index contributed by atoms with van der Waals surface area (Å²) >= 11 is 1.67. The number of nitrogens with one attached hydrogen (secondary N) is 2. The number of rotatable bonds is 5. The maximum absolute atomic E-state index is 4.67. The molecule has 0 aromatic carbocycles. The van der Waals surface area contributed by atoms with E-state index in [9.17, 15) is 0 Å². The lowest BCUT2D eigenvalue weighted by atomic mass is 10.3. The highest BCUT2D eigenvalue weighted by molar-refractivity contribution is 7.99. The molecule has 3 aromatic heterocycles. The van der Waals surface area contributed by atoms with Crippen molar-refractivity contribution in [1.82, 2.24) is 40.1 Å². The molecule has 0 saturated carbocycles. The zero-order valence-corrected chi connectivity index (χ0v) is 12.8. The number of aromatic nitrogens is 7. The van der Waals surface area contributed by atoms with Crippen molar-refractivity contribution in [2.45, 2.75) is 24.7 Å². The van der Waals surface area contributed by atoms with Gasteiger partial charge in [-0.25, -0.2) is 4.98 Å². The van der Waals surface area contributed by atoms with E-state index >= 15 is 0 Å². The van der Waals surface area contributed by atoms with E-state index in [0.29, 0.717) is 0 Å². The third kappa shape index (κ3) is 2.64. The molecule has 0 spiro atoms. The molecule has 0 atom stereocenters. The number of fused-ring (bicyclic) bond motifs is 1. The Morgan fingerprint density at radius 1 is 1.36 bits per heavy atom. The van der Waals surface area contributed by atoms with Gasteiger partial charge >= 0.3 is 0 Å². The summed E-state index contributed by atoms with van der Waals surface area (Å²) in [5, 5.41) is 19.4. The molecule has 9 heteroatoms. The fourth-order valence-corrected chi connectivity index (χ4v) is 3.26. The van der Waals surface area contributed by atoms with Crippen molar-refractivity contribution in [3.05, 3.63) is 30.4 Å². The molecule has 3 aromatic rings. The van der Waals surface area contributed by atoms with Gasteiger partial charge in [-0.15, -0.1) is 16.9 Å². The van der Waals surface area contributed by atoms with Crippen molar-refractivity contribution in [1.29, 1.82) is 0 Å². The maximum Gasteiger partial charge on any atom is 0.160 e. The highest BCUT2D eigenvalue weighted by Crippen LogP contribution is 2.20. The van der Waals surface area contributed by atoms with Gasteiger partial charge in [-0.05, 0) is 6.07 Å². The predicted molar refractivity (Wildman–Crippen MR) is 82.3 cm³/mol. The topological polar surface area (TPSA) is 89.2 Å². The van der Waals surface area contributed by atoms with Gasteiger partial charge in [0.25, 0.3) is 0 Å². The molecule has 0 amide bonds. The molecule has 4 heterocycles. The summed E-state index contributed by atoms with van der Waals surface area (Å²) < 4.78 is 4.20. The lowest BCUT2D eigenvalue weighted by molar-refractivity contribution is 0.476. The molecular weight excluding hydrogens is 300 g/mol. The van der Waals surface area contributed by atoms with Crippen LogP contribution in [0.3, 0.4) is 0 Å². The van der Waals surface area contributed by atoms with Crippen molar-refractivity contribution in [2.75, 3.05) is 12.3 Å². The van der Waals surface area contributed by atoms with Gasteiger partial charge in [-0.3, -0.25) is 4.68 Å². The summed E-state index contributed by atoms with van der Waals surface area (Å²) in [6.45, 7) is 3.61. The number of nitrogens with zero attached hydrogens (tertiary/aromatic N) is 6. The average molecular weight is 316 g/mol. The monoisotopic (exact) mass is 316 g/mol. The van der Waals surface area contributed by atoms with Crippen LogP contribution in [-0.4, -0.2) is 47.0 Å². The van der Waals surface area contributed by atoms with Gasteiger partial charge in [-0.2, -0.15) is 15.4 Å². The minimum absolute atomic E-state index is 0.854. The first kappa shape index (κ1) is 13.5. The number of hydrogen-bond acceptors (Lipinski definition) is 6. The Morgan fingerprint density at radius 3 is 3.23 bits per heavy atom. The van der Waals surface area contributed by atoms with Gasteiger partial charge in [0.1, 0.15) is 10.7 Å². The summed E-state index contributed by atoms with van der Waals surface area (Å²) in [6, 6.07) is 2.12. The van der Waals surface area contributed by atoms with Gasteiger partial charge in [0.15, 0.2) is 5.82 Å². The fourth-order valence-electron chi connectivity index (χ4n) is 2.53. The third-order valence-electron chi connectivity index (χ3n) is 3.59. The van der Waals surface area contributed by atoms with E-state index in [-0.39, 0.29) is 0 Å². The molecule has 22 heavy (non-hydrogen) atoms. The number of imidazole rings is 1. The first-order valence-corrected chi connectivity index (χ1v) is 8.16. The Bertz CT molecular complexity index is 721. The van der Waals surface area contributed by atoms with E-state index in [0.717, 1.165) is 48.5 Å². The van der Waals surface area contributed by atoms with E-state index in [4.69, 9.17) is 0 Å². The smallest absolute Gasteiger partial charge is 0.160 e. The van der Waals surface area contributed by atoms with E-state index in [1.807, 2.05) is 12.4 Å². The van der Waals surface area contributed by atoms with Gasteiger partial charge in [0, 0.05) is 37.8 Å². The molecule has 114 valence electrons. The molecular formula is C13H16N8S. The summed E-state index contributed by atoms with van der Waals surface area (Å²) in [6.07, 6.45) is 5.55. The first-order valence-electron chi connectivity index (χ1n) is 7.18. The third-order valence-corrected chi connectivity index (χ3v) is 4.47. The molecule has 0 bridgehead atoms. The van der Waals surface area contributed by atoms with E-state index in [1.54, 1.807) is 18.0 Å². The molecule has 0 fully saturated rings. The predicted octanol–water partition coefficient (Wildman–Crippen LogP) is 0.760. The summed E-state index contributed by atoms with van der Waals surface area (Å²) in [5.74, 6) is 1.83. The van der Waals surface area contributed by atoms with Crippen LogP contribution in [-0.2, 0) is 19.6 Å². The molecule has 1 aliphatic heterocycles. The molecule has 2 N–H and O–H groups in total. The van der Waals surface area contributed by atoms with Gasteiger partial charge < -0.3 is 9.88 Å². The van der Waals surface area contributed by atoms with E-state index < -0.39 is 0 Å². The SMILES string of the molecule is c1cn(CCSc2cn[nH]n2)c(-c2cc3n(n2)CCNC3)n1. The molecule has 1 aliphatic rings.